The zero-order chi connectivity index (χ0) is 10.8. The second kappa shape index (κ2) is 3.45. The van der Waals surface area contributed by atoms with Crippen LogP contribution in [0.1, 0.15) is 0 Å². The van der Waals surface area contributed by atoms with Gasteiger partial charge in [0.2, 0.25) is 0 Å². The molecule has 5 heteroatoms. The van der Waals surface area contributed by atoms with E-state index in [9.17, 15) is 4.79 Å². The fourth-order valence-electron chi connectivity index (χ4n) is 1.21. The van der Waals surface area contributed by atoms with E-state index in [0.717, 1.165) is 0 Å². The molecule has 0 fully saturated rings. The molecule has 0 atom stereocenters. The van der Waals surface area contributed by atoms with Crippen molar-refractivity contribution >= 4 is 5.69 Å². The molecule has 0 amide bonds. The molecule has 0 aliphatic heterocycles. The molecular weight excluding hydrogens is 194 g/mol. The van der Waals surface area contributed by atoms with Crippen molar-refractivity contribution in [1.29, 1.82) is 0 Å². The van der Waals surface area contributed by atoms with Crippen molar-refractivity contribution in [1.82, 2.24) is 9.78 Å². The zero-order valence-corrected chi connectivity index (χ0v) is 7.79. The van der Waals surface area contributed by atoms with Gasteiger partial charge in [0.25, 0.3) is 5.56 Å². The fraction of sp³-hybridized carbons (Fsp3) is 0. The van der Waals surface area contributed by atoms with E-state index >= 15 is 0 Å². The third-order valence-electron chi connectivity index (χ3n) is 1.92. The average molecular weight is 203 g/mol. The molecule has 0 radical (unpaired) electrons. The van der Waals surface area contributed by atoms with Gasteiger partial charge in [-0.2, -0.15) is 9.78 Å². The van der Waals surface area contributed by atoms with Crippen LogP contribution in [0.15, 0.2) is 41.3 Å². The van der Waals surface area contributed by atoms with E-state index in [4.69, 9.17) is 10.8 Å². The van der Waals surface area contributed by atoms with E-state index < -0.39 is 0 Å². The van der Waals surface area contributed by atoms with Crippen LogP contribution in [0.3, 0.4) is 0 Å². The summed E-state index contributed by atoms with van der Waals surface area (Å²) in [5.41, 5.74) is 6.02. The first-order valence-electron chi connectivity index (χ1n) is 4.31. The van der Waals surface area contributed by atoms with Crippen LogP contribution in [-0.4, -0.2) is 14.9 Å². The van der Waals surface area contributed by atoms with Gasteiger partial charge < -0.3 is 10.8 Å². The van der Waals surface area contributed by atoms with Gasteiger partial charge in [-0.1, -0.05) is 0 Å². The highest BCUT2D eigenvalue weighted by Crippen LogP contribution is 2.11. The number of nitrogens with zero attached hydrogens (tertiary/aromatic N) is 2. The predicted octanol–water partition coefficient (Wildman–Crippen LogP) is 0.520. The van der Waals surface area contributed by atoms with Crippen LogP contribution in [0.5, 0.6) is 5.75 Å². The number of aromatic nitrogens is 2. The number of nitrogens with two attached hydrogens (primary N) is 1. The molecule has 0 bridgehead atoms. The summed E-state index contributed by atoms with van der Waals surface area (Å²) in [6.07, 6.45) is 1.40. The Hall–Kier alpha value is -2.30. The molecular formula is C10H9N3O2. The third-order valence-corrected chi connectivity index (χ3v) is 1.92. The number of rotatable bonds is 1. The molecule has 76 valence electrons. The van der Waals surface area contributed by atoms with E-state index in [1.807, 2.05) is 0 Å². The minimum Gasteiger partial charge on any atom is -0.508 e. The van der Waals surface area contributed by atoms with Gasteiger partial charge in [-0.3, -0.25) is 4.79 Å². The summed E-state index contributed by atoms with van der Waals surface area (Å²) in [4.78, 5) is 11.5. The maximum Gasteiger partial charge on any atom is 0.273 e. The maximum atomic E-state index is 11.5. The fourth-order valence-corrected chi connectivity index (χ4v) is 1.21. The summed E-state index contributed by atoms with van der Waals surface area (Å²) in [5.74, 6) is 0.141. The smallest absolute Gasteiger partial charge is 0.273 e. The summed E-state index contributed by atoms with van der Waals surface area (Å²) in [6, 6.07) is 7.46. The molecule has 15 heavy (non-hydrogen) atoms. The van der Waals surface area contributed by atoms with E-state index in [1.165, 1.54) is 29.1 Å². The van der Waals surface area contributed by atoms with Crippen LogP contribution in [0.25, 0.3) is 5.69 Å². The van der Waals surface area contributed by atoms with Crippen LogP contribution in [0.4, 0.5) is 5.69 Å². The number of anilines is 1. The van der Waals surface area contributed by atoms with E-state index in [-0.39, 0.29) is 11.3 Å². The summed E-state index contributed by atoms with van der Waals surface area (Å²) in [5, 5.41) is 13.0. The number of hydrogen-bond acceptors (Lipinski definition) is 4. The molecule has 0 unspecified atom stereocenters. The van der Waals surface area contributed by atoms with Crippen molar-refractivity contribution in [3.8, 4) is 11.4 Å². The normalized spacial score (nSPS) is 10.1. The van der Waals surface area contributed by atoms with Gasteiger partial charge in [0, 0.05) is 6.07 Å². The van der Waals surface area contributed by atoms with Crippen LogP contribution >= 0.6 is 0 Å². The van der Waals surface area contributed by atoms with Crippen LogP contribution in [-0.2, 0) is 0 Å². The van der Waals surface area contributed by atoms with Crippen molar-refractivity contribution < 1.29 is 5.11 Å². The lowest BCUT2D eigenvalue weighted by Crippen LogP contribution is -2.20. The van der Waals surface area contributed by atoms with Gasteiger partial charge in [-0.15, -0.1) is 0 Å². The van der Waals surface area contributed by atoms with Gasteiger partial charge in [0.1, 0.15) is 5.75 Å². The van der Waals surface area contributed by atoms with Gasteiger partial charge in [-0.05, 0) is 24.3 Å². The van der Waals surface area contributed by atoms with Gasteiger partial charge >= 0.3 is 0 Å². The highest BCUT2D eigenvalue weighted by Gasteiger charge is 2.00. The number of phenolic OH excluding ortho intramolecular Hbond substituents is 1. The molecule has 1 aromatic carbocycles. The van der Waals surface area contributed by atoms with Crippen LogP contribution < -0.4 is 11.3 Å². The Labute approximate surface area is 85.4 Å². The Morgan fingerprint density at radius 1 is 1.27 bits per heavy atom. The molecule has 1 heterocycles. The van der Waals surface area contributed by atoms with Crippen molar-refractivity contribution in [2.45, 2.75) is 0 Å². The third kappa shape index (κ3) is 1.80. The Bertz CT molecular complexity index is 531. The molecule has 5 nitrogen and oxygen atoms in total. The standard InChI is InChI=1S/C10H9N3O2/c11-7-5-10(15)13(12-6-7)8-1-3-9(14)4-2-8/h1-6,14H,11H2. The first kappa shape index (κ1) is 9.26. The molecule has 0 saturated carbocycles. The first-order chi connectivity index (χ1) is 7.16. The monoisotopic (exact) mass is 203 g/mol. The molecule has 0 saturated heterocycles. The Balaban J connectivity index is 2.55. The Kier molecular flexibility index (Phi) is 2.13. The summed E-state index contributed by atoms with van der Waals surface area (Å²) in [6.45, 7) is 0. The Morgan fingerprint density at radius 2 is 1.93 bits per heavy atom. The second-order valence-electron chi connectivity index (χ2n) is 3.06. The summed E-state index contributed by atoms with van der Waals surface area (Å²) < 4.78 is 1.20. The van der Waals surface area contributed by atoms with Crippen molar-refractivity contribution in [3.63, 3.8) is 0 Å². The highest BCUT2D eigenvalue weighted by atomic mass is 16.3. The van der Waals surface area contributed by atoms with E-state index in [1.54, 1.807) is 12.1 Å². The van der Waals surface area contributed by atoms with Crippen molar-refractivity contribution in [2.75, 3.05) is 5.73 Å². The van der Waals surface area contributed by atoms with Gasteiger partial charge in [0.05, 0.1) is 17.6 Å². The molecule has 1 aromatic heterocycles. The molecule has 2 aromatic rings. The maximum absolute atomic E-state index is 11.5. The van der Waals surface area contributed by atoms with Crippen molar-refractivity contribution in [2.24, 2.45) is 0 Å². The molecule has 0 aliphatic carbocycles. The molecule has 0 aliphatic rings. The highest BCUT2D eigenvalue weighted by molar-refractivity contribution is 5.38. The van der Waals surface area contributed by atoms with Crippen molar-refractivity contribution in [3.05, 3.63) is 46.9 Å². The largest absolute Gasteiger partial charge is 0.508 e. The average Bonchev–Trinajstić information content (AvgIpc) is 2.20. The topological polar surface area (TPSA) is 81.1 Å². The minimum atomic E-state index is -0.305. The SMILES string of the molecule is Nc1cnn(-c2ccc(O)cc2)c(=O)c1. The summed E-state index contributed by atoms with van der Waals surface area (Å²) in [7, 11) is 0. The number of hydrogen-bond donors (Lipinski definition) is 2. The van der Waals surface area contributed by atoms with E-state index in [2.05, 4.69) is 5.10 Å². The lowest BCUT2D eigenvalue weighted by atomic mass is 10.3. The number of aromatic hydroxyl groups is 1. The van der Waals surface area contributed by atoms with Gasteiger partial charge in [0.15, 0.2) is 0 Å². The Morgan fingerprint density at radius 3 is 2.53 bits per heavy atom. The zero-order valence-electron chi connectivity index (χ0n) is 7.79. The number of benzene rings is 1. The van der Waals surface area contributed by atoms with E-state index in [0.29, 0.717) is 11.4 Å². The molecule has 0 spiro atoms. The van der Waals surface area contributed by atoms with Gasteiger partial charge in [-0.25, -0.2) is 0 Å². The number of phenols is 1. The lowest BCUT2D eigenvalue weighted by molar-refractivity contribution is 0.475. The van der Waals surface area contributed by atoms with Crippen LogP contribution in [0.2, 0.25) is 0 Å². The van der Waals surface area contributed by atoms with Crippen LogP contribution in [0, 0.1) is 0 Å². The first-order valence-corrected chi connectivity index (χ1v) is 4.31. The molecule has 3 N–H and O–H groups in total. The quantitative estimate of drug-likeness (QED) is 0.708. The predicted molar refractivity (Wildman–Crippen MR) is 55.9 cm³/mol. The number of nitrogen functional groups attached to an aromatic ring is 1. The summed E-state index contributed by atoms with van der Waals surface area (Å²) >= 11 is 0. The minimum absolute atomic E-state index is 0.141. The molecule has 2 rings (SSSR count). The second-order valence-corrected chi connectivity index (χ2v) is 3.06. The lowest BCUT2D eigenvalue weighted by Gasteiger charge is -2.03.